The van der Waals surface area contributed by atoms with Gasteiger partial charge in [0.1, 0.15) is 4.88 Å². The number of thiophene rings is 1. The van der Waals surface area contributed by atoms with Crippen molar-refractivity contribution in [1.82, 2.24) is 0 Å². The average Bonchev–Trinajstić information content (AvgIpc) is 2.72. The number of carboxylic acid groups (broad SMARTS) is 1. The molecule has 0 radical (unpaired) electrons. The summed E-state index contributed by atoms with van der Waals surface area (Å²) >= 11 is 1.23. The zero-order valence-electron chi connectivity index (χ0n) is 8.13. The molecule has 1 aromatic heterocycles. The van der Waals surface area contributed by atoms with Gasteiger partial charge in [-0.3, -0.25) is 0 Å². The van der Waals surface area contributed by atoms with Gasteiger partial charge >= 0.3 is 5.97 Å². The molecule has 3 N–H and O–H groups in total. The minimum atomic E-state index is -0.847. The molecular formula is C9H14O5S. The standard InChI is InChI=1S/C5H4O2S.C4H10O3/c6-5(7)4-2-1-3-8-4;5-1-3-7-4-2-6/h1-3H,(H,6,7);5-6H,1-4H2. The molecule has 1 rings (SSSR count). The second-order valence-corrected chi connectivity index (χ2v) is 3.29. The van der Waals surface area contributed by atoms with Crippen molar-refractivity contribution in [3.8, 4) is 0 Å². The normalized spacial score (nSPS) is 9.20. The summed E-state index contributed by atoms with van der Waals surface area (Å²) in [6, 6.07) is 3.29. The fourth-order valence-electron chi connectivity index (χ4n) is 0.631. The fourth-order valence-corrected chi connectivity index (χ4v) is 1.19. The molecule has 0 aromatic carbocycles. The van der Waals surface area contributed by atoms with E-state index in [0.29, 0.717) is 18.1 Å². The van der Waals surface area contributed by atoms with Gasteiger partial charge in [-0.05, 0) is 11.4 Å². The number of aliphatic hydroxyl groups is 2. The first-order chi connectivity index (χ1) is 7.22. The fraction of sp³-hybridized carbons (Fsp3) is 0.444. The molecular weight excluding hydrogens is 220 g/mol. The molecule has 0 fully saturated rings. The molecule has 0 aliphatic heterocycles. The van der Waals surface area contributed by atoms with Crippen molar-refractivity contribution >= 4 is 17.3 Å². The maximum absolute atomic E-state index is 10.1. The predicted octanol–water partition coefficient (Wildman–Crippen LogP) is 0.434. The first-order valence-corrected chi connectivity index (χ1v) is 5.16. The number of rotatable bonds is 5. The van der Waals surface area contributed by atoms with Gasteiger partial charge in [-0.1, -0.05) is 6.07 Å². The van der Waals surface area contributed by atoms with Crippen molar-refractivity contribution in [2.45, 2.75) is 0 Å². The first kappa shape index (κ1) is 14.1. The smallest absolute Gasteiger partial charge is 0.345 e. The van der Waals surface area contributed by atoms with Crippen LogP contribution in [0, 0.1) is 0 Å². The summed E-state index contributed by atoms with van der Waals surface area (Å²) < 4.78 is 4.63. The topological polar surface area (TPSA) is 87.0 Å². The first-order valence-electron chi connectivity index (χ1n) is 4.28. The van der Waals surface area contributed by atoms with E-state index in [0.717, 1.165) is 0 Å². The lowest BCUT2D eigenvalue weighted by molar-refractivity contribution is 0.0650. The van der Waals surface area contributed by atoms with Crippen LogP contribution in [0.25, 0.3) is 0 Å². The van der Waals surface area contributed by atoms with Crippen LogP contribution >= 0.6 is 11.3 Å². The van der Waals surface area contributed by atoms with E-state index in [4.69, 9.17) is 15.3 Å². The van der Waals surface area contributed by atoms with E-state index in [1.807, 2.05) is 0 Å². The maximum atomic E-state index is 10.1. The largest absolute Gasteiger partial charge is 0.477 e. The van der Waals surface area contributed by atoms with E-state index < -0.39 is 5.97 Å². The Kier molecular flexibility index (Phi) is 8.99. The molecule has 15 heavy (non-hydrogen) atoms. The molecule has 0 unspecified atom stereocenters. The van der Waals surface area contributed by atoms with Gasteiger partial charge in [0.15, 0.2) is 0 Å². The highest BCUT2D eigenvalue weighted by atomic mass is 32.1. The number of hydrogen-bond acceptors (Lipinski definition) is 5. The summed E-state index contributed by atoms with van der Waals surface area (Å²) in [5, 5.41) is 26.2. The second-order valence-electron chi connectivity index (χ2n) is 2.34. The molecule has 1 aromatic rings. The molecule has 0 saturated heterocycles. The van der Waals surface area contributed by atoms with E-state index in [-0.39, 0.29) is 13.2 Å². The van der Waals surface area contributed by atoms with Gasteiger partial charge in [0.05, 0.1) is 26.4 Å². The van der Waals surface area contributed by atoms with Crippen LogP contribution in [0.2, 0.25) is 0 Å². The molecule has 0 aliphatic rings. The molecule has 5 nitrogen and oxygen atoms in total. The monoisotopic (exact) mass is 234 g/mol. The number of ether oxygens (including phenoxy) is 1. The van der Waals surface area contributed by atoms with Crippen molar-refractivity contribution in [2.24, 2.45) is 0 Å². The number of aromatic carboxylic acids is 1. The van der Waals surface area contributed by atoms with E-state index in [1.54, 1.807) is 17.5 Å². The van der Waals surface area contributed by atoms with Crippen molar-refractivity contribution in [3.05, 3.63) is 22.4 Å². The van der Waals surface area contributed by atoms with Crippen LogP contribution in [0.5, 0.6) is 0 Å². The Morgan fingerprint density at radius 2 is 1.93 bits per heavy atom. The molecule has 86 valence electrons. The van der Waals surface area contributed by atoms with Crippen molar-refractivity contribution < 1.29 is 24.9 Å². The molecule has 1 heterocycles. The Labute approximate surface area is 91.6 Å². The maximum Gasteiger partial charge on any atom is 0.345 e. The summed E-state index contributed by atoms with van der Waals surface area (Å²) in [4.78, 5) is 10.5. The van der Waals surface area contributed by atoms with Gasteiger partial charge in [0, 0.05) is 0 Å². The number of carboxylic acids is 1. The Morgan fingerprint density at radius 1 is 1.33 bits per heavy atom. The highest BCUT2D eigenvalue weighted by molar-refractivity contribution is 7.11. The van der Waals surface area contributed by atoms with Crippen LogP contribution < -0.4 is 0 Å². The summed E-state index contributed by atoms with van der Waals surface area (Å²) in [7, 11) is 0. The van der Waals surface area contributed by atoms with Crippen LogP contribution in [0.3, 0.4) is 0 Å². The molecule has 0 amide bonds. The van der Waals surface area contributed by atoms with Gasteiger partial charge in [-0.25, -0.2) is 4.79 Å². The molecule has 0 saturated carbocycles. The number of aliphatic hydroxyl groups excluding tert-OH is 2. The van der Waals surface area contributed by atoms with Crippen LogP contribution in [-0.4, -0.2) is 47.7 Å². The quantitative estimate of drug-likeness (QED) is 0.643. The third kappa shape index (κ3) is 8.07. The summed E-state index contributed by atoms with van der Waals surface area (Å²) in [5.41, 5.74) is 0. The van der Waals surface area contributed by atoms with Gasteiger partial charge < -0.3 is 20.1 Å². The van der Waals surface area contributed by atoms with E-state index >= 15 is 0 Å². The zero-order valence-corrected chi connectivity index (χ0v) is 8.94. The minimum Gasteiger partial charge on any atom is -0.477 e. The summed E-state index contributed by atoms with van der Waals surface area (Å²) in [6.07, 6.45) is 0. The van der Waals surface area contributed by atoms with Crippen LogP contribution in [-0.2, 0) is 4.74 Å². The molecule has 0 bridgehead atoms. The molecule has 0 aliphatic carbocycles. The molecule has 0 spiro atoms. The Bertz CT molecular complexity index is 243. The van der Waals surface area contributed by atoms with E-state index in [9.17, 15) is 4.79 Å². The Balaban J connectivity index is 0.000000265. The SMILES string of the molecule is O=C(O)c1cccs1.OCCOCCO. The number of carbonyl (C=O) groups is 1. The second kappa shape index (κ2) is 9.60. The van der Waals surface area contributed by atoms with E-state index in [2.05, 4.69) is 4.74 Å². The van der Waals surface area contributed by atoms with Gasteiger partial charge in [0.2, 0.25) is 0 Å². The predicted molar refractivity (Wildman–Crippen MR) is 56.3 cm³/mol. The van der Waals surface area contributed by atoms with Gasteiger partial charge in [-0.2, -0.15) is 0 Å². The van der Waals surface area contributed by atoms with Crippen LogP contribution in [0.4, 0.5) is 0 Å². The highest BCUT2D eigenvalue weighted by Gasteiger charge is 1.99. The average molecular weight is 234 g/mol. The third-order valence-electron chi connectivity index (χ3n) is 1.20. The lowest BCUT2D eigenvalue weighted by Crippen LogP contribution is -2.03. The van der Waals surface area contributed by atoms with Crippen LogP contribution in [0.1, 0.15) is 9.67 Å². The van der Waals surface area contributed by atoms with Crippen LogP contribution in [0.15, 0.2) is 17.5 Å². The van der Waals surface area contributed by atoms with Crippen molar-refractivity contribution in [2.75, 3.05) is 26.4 Å². The van der Waals surface area contributed by atoms with E-state index in [1.165, 1.54) is 11.3 Å². The lowest BCUT2D eigenvalue weighted by Gasteiger charge is -1.94. The van der Waals surface area contributed by atoms with Crippen molar-refractivity contribution in [1.29, 1.82) is 0 Å². The third-order valence-corrected chi connectivity index (χ3v) is 2.06. The highest BCUT2D eigenvalue weighted by Crippen LogP contribution is 2.06. The molecule has 0 atom stereocenters. The molecule has 6 heteroatoms. The zero-order chi connectivity index (χ0) is 11.5. The van der Waals surface area contributed by atoms with Gasteiger partial charge in [-0.15, -0.1) is 11.3 Å². The number of hydrogen-bond donors (Lipinski definition) is 3. The summed E-state index contributed by atoms with van der Waals surface area (Å²) in [6.45, 7) is 0.696. The van der Waals surface area contributed by atoms with Gasteiger partial charge in [0.25, 0.3) is 0 Å². The Morgan fingerprint density at radius 3 is 2.20 bits per heavy atom. The summed E-state index contributed by atoms with van der Waals surface area (Å²) in [5.74, 6) is -0.847. The van der Waals surface area contributed by atoms with Crippen molar-refractivity contribution in [3.63, 3.8) is 0 Å². The lowest BCUT2D eigenvalue weighted by atomic mass is 10.5. The minimum absolute atomic E-state index is 0.0278. The Hall–Kier alpha value is -0.950.